The third-order valence-electron chi connectivity index (χ3n) is 5.88. The van der Waals surface area contributed by atoms with Gasteiger partial charge >= 0.3 is 0 Å². The summed E-state index contributed by atoms with van der Waals surface area (Å²) in [6.07, 6.45) is 5.43. The third-order valence-corrected chi connectivity index (χ3v) is 6.17. The number of H-pyrrole nitrogens is 1. The van der Waals surface area contributed by atoms with E-state index in [1.165, 1.54) is 0 Å². The Morgan fingerprint density at radius 3 is 2.83 bits per heavy atom. The summed E-state index contributed by atoms with van der Waals surface area (Å²) in [4.78, 5) is 24.4. The van der Waals surface area contributed by atoms with Gasteiger partial charge in [-0.15, -0.1) is 0 Å². The van der Waals surface area contributed by atoms with E-state index in [1.54, 1.807) is 30.4 Å². The molecular weight excluding hydrogens is 472 g/mol. The summed E-state index contributed by atoms with van der Waals surface area (Å²) in [6.45, 7) is 3.12. The normalized spacial score (nSPS) is 14.2. The second-order valence-corrected chi connectivity index (χ2v) is 8.58. The Kier molecular flexibility index (Phi) is 5.38. The van der Waals surface area contributed by atoms with Gasteiger partial charge in [-0.3, -0.25) is 9.25 Å². The number of hydrogen-bond donors (Lipinski definition) is 2. The molecular formula is C22H23ClN10O2. The number of rotatable bonds is 6. The van der Waals surface area contributed by atoms with E-state index in [2.05, 4.69) is 30.3 Å². The predicted octanol–water partition coefficient (Wildman–Crippen LogP) is 2.54. The van der Waals surface area contributed by atoms with Crippen LogP contribution in [-0.4, -0.2) is 72.7 Å². The van der Waals surface area contributed by atoms with Crippen LogP contribution in [0.25, 0.3) is 27.9 Å². The highest BCUT2D eigenvalue weighted by atomic mass is 35.5. The third kappa shape index (κ3) is 4.00. The highest BCUT2D eigenvalue weighted by molar-refractivity contribution is 6.32. The Bertz CT molecular complexity index is 1520. The zero-order valence-corrected chi connectivity index (χ0v) is 20.0. The number of aromatic amines is 1. The van der Waals surface area contributed by atoms with Crippen molar-refractivity contribution in [3.63, 3.8) is 0 Å². The molecule has 2 N–H and O–H groups in total. The van der Waals surface area contributed by atoms with Crippen LogP contribution in [0.5, 0.6) is 5.75 Å². The molecule has 1 aliphatic rings. The van der Waals surface area contributed by atoms with Crippen molar-refractivity contribution in [1.82, 2.24) is 39.3 Å². The number of ether oxygens (including phenoxy) is 2. The maximum absolute atomic E-state index is 6.26. The van der Waals surface area contributed by atoms with Crippen molar-refractivity contribution in [3.8, 4) is 11.4 Å². The summed E-state index contributed by atoms with van der Waals surface area (Å²) in [6, 6.07) is 3.62. The average Bonchev–Trinajstić information content (AvgIpc) is 3.60. The van der Waals surface area contributed by atoms with Crippen molar-refractivity contribution in [2.45, 2.75) is 6.54 Å². The fourth-order valence-corrected chi connectivity index (χ4v) is 4.35. The molecule has 0 aliphatic carbocycles. The van der Waals surface area contributed by atoms with Gasteiger partial charge in [0.25, 0.3) is 0 Å². The summed E-state index contributed by atoms with van der Waals surface area (Å²) in [7, 11) is 3.46. The molecule has 4 aromatic heterocycles. The smallest absolute Gasteiger partial charge is 0.229 e. The monoisotopic (exact) mass is 494 g/mol. The lowest BCUT2D eigenvalue weighted by atomic mass is 10.3. The second kappa shape index (κ2) is 8.71. The number of aromatic nitrogens is 8. The van der Waals surface area contributed by atoms with Gasteiger partial charge in [-0.1, -0.05) is 11.6 Å². The predicted molar refractivity (Wildman–Crippen MR) is 131 cm³/mol. The van der Waals surface area contributed by atoms with Gasteiger partial charge in [0, 0.05) is 32.4 Å². The molecule has 5 heterocycles. The summed E-state index contributed by atoms with van der Waals surface area (Å²) in [5.41, 5.74) is 3.82. The fourth-order valence-electron chi connectivity index (χ4n) is 4.11. The highest BCUT2D eigenvalue weighted by Gasteiger charge is 2.20. The lowest BCUT2D eigenvalue weighted by Crippen LogP contribution is -2.37. The molecule has 1 aliphatic heterocycles. The van der Waals surface area contributed by atoms with Gasteiger partial charge in [0.05, 0.1) is 54.8 Å². The molecule has 5 aromatic rings. The standard InChI is InChI=1S/C22H23ClN10O2/c1-31-11-13(9-26-31)33-12-25-19-20(29-22(30-21(19)33)32-3-5-35-6-4-32)24-10-18-27-15-7-14(23)17(34-2)8-16(15)28-18/h7-9,11-12H,3-6,10H2,1-2H3,(H,27,28)(H,24,29,30). The second-order valence-electron chi connectivity index (χ2n) is 8.17. The Balaban J connectivity index is 1.37. The number of imidazole rings is 2. The number of methoxy groups -OCH3 is 1. The molecule has 1 aromatic carbocycles. The Hall–Kier alpha value is -3.90. The number of anilines is 2. The first-order valence-electron chi connectivity index (χ1n) is 11.1. The van der Waals surface area contributed by atoms with Gasteiger partial charge in [0.1, 0.15) is 17.9 Å². The molecule has 1 fully saturated rings. The summed E-state index contributed by atoms with van der Waals surface area (Å²) in [5, 5.41) is 8.20. The average molecular weight is 495 g/mol. The maximum atomic E-state index is 6.26. The van der Waals surface area contributed by atoms with Crippen molar-refractivity contribution in [3.05, 3.63) is 41.7 Å². The minimum atomic E-state index is 0.406. The number of morpholine rings is 1. The minimum Gasteiger partial charge on any atom is -0.495 e. The van der Waals surface area contributed by atoms with Crippen LogP contribution in [0.1, 0.15) is 5.82 Å². The lowest BCUT2D eigenvalue weighted by molar-refractivity contribution is 0.122. The van der Waals surface area contributed by atoms with E-state index < -0.39 is 0 Å². The van der Waals surface area contributed by atoms with Crippen LogP contribution in [0.3, 0.4) is 0 Å². The van der Waals surface area contributed by atoms with Crippen LogP contribution < -0.4 is 15.0 Å². The van der Waals surface area contributed by atoms with Crippen LogP contribution in [0.15, 0.2) is 30.9 Å². The Morgan fingerprint density at radius 2 is 2.06 bits per heavy atom. The Labute approximate surface area is 204 Å². The highest BCUT2D eigenvalue weighted by Crippen LogP contribution is 2.29. The quantitative estimate of drug-likeness (QED) is 0.366. The summed E-state index contributed by atoms with van der Waals surface area (Å²) >= 11 is 6.26. The molecule has 1 saturated heterocycles. The van der Waals surface area contributed by atoms with E-state index in [4.69, 9.17) is 31.0 Å². The number of benzene rings is 1. The first kappa shape index (κ1) is 21.6. The van der Waals surface area contributed by atoms with Crippen molar-refractivity contribution in [1.29, 1.82) is 0 Å². The number of halogens is 1. The van der Waals surface area contributed by atoms with Gasteiger partial charge in [-0.2, -0.15) is 15.1 Å². The number of nitrogens with zero attached hydrogens (tertiary/aromatic N) is 8. The number of fused-ring (bicyclic) bond motifs is 2. The van der Waals surface area contributed by atoms with Gasteiger partial charge in [0.2, 0.25) is 5.95 Å². The van der Waals surface area contributed by atoms with Crippen LogP contribution in [0.2, 0.25) is 5.02 Å². The van der Waals surface area contributed by atoms with E-state index in [0.29, 0.717) is 53.5 Å². The number of aryl methyl sites for hydroxylation is 1. The molecule has 0 saturated carbocycles. The molecule has 35 heavy (non-hydrogen) atoms. The topological polar surface area (TPSA) is 124 Å². The molecule has 12 nitrogen and oxygen atoms in total. The van der Waals surface area contributed by atoms with Crippen molar-refractivity contribution in [2.24, 2.45) is 7.05 Å². The molecule has 0 atom stereocenters. The lowest BCUT2D eigenvalue weighted by Gasteiger charge is -2.27. The number of hydrogen-bond acceptors (Lipinski definition) is 9. The van der Waals surface area contributed by atoms with Crippen molar-refractivity contribution >= 4 is 45.6 Å². The largest absolute Gasteiger partial charge is 0.495 e. The van der Waals surface area contributed by atoms with Crippen LogP contribution >= 0.6 is 11.6 Å². The van der Waals surface area contributed by atoms with Gasteiger partial charge in [-0.25, -0.2) is 9.97 Å². The van der Waals surface area contributed by atoms with Gasteiger partial charge in [-0.05, 0) is 6.07 Å². The van der Waals surface area contributed by atoms with Crippen LogP contribution in [0.4, 0.5) is 11.8 Å². The minimum absolute atomic E-state index is 0.406. The van der Waals surface area contributed by atoms with Crippen LogP contribution in [0, 0.1) is 0 Å². The van der Waals surface area contributed by atoms with Crippen molar-refractivity contribution < 1.29 is 9.47 Å². The van der Waals surface area contributed by atoms with Gasteiger partial charge < -0.3 is 24.7 Å². The molecule has 13 heteroatoms. The van der Waals surface area contributed by atoms with E-state index in [0.717, 1.165) is 35.6 Å². The van der Waals surface area contributed by atoms with Crippen molar-refractivity contribution in [2.75, 3.05) is 43.6 Å². The molecule has 6 rings (SSSR count). The number of nitrogens with one attached hydrogen (secondary N) is 2. The van der Waals surface area contributed by atoms with E-state index in [1.807, 2.05) is 23.9 Å². The summed E-state index contributed by atoms with van der Waals surface area (Å²) in [5.74, 6) is 2.56. The van der Waals surface area contributed by atoms with Gasteiger partial charge in [0.15, 0.2) is 17.0 Å². The maximum Gasteiger partial charge on any atom is 0.229 e. The molecule has 0 unspecified atom stereocenters. The first-order valence-corrected chi connectivity index (χ1v) is 11.5. The molecule has 0 radical (unpaired) electrons. The molecule has 0 amide bonds. The van der Waals surface area contributed by atoms with Crippen LogP contribution in [-0.2, 0) is 18.3 Å². The Morgan fingerprint density at radius 1 is 1.20 bits per heavy atom. The SMILES string of the molecule is COc1cc2nc(CNc3nc(N4CCOCC4)nc4c3ncn4-c3cnn(C)c3)[nH]c2cc1Cl. The molecule has 0 spiro atoms. The molecule has 0 bridgehead atoms. The summed E-state index contributed by atoms with van der Waals surface area (Å²) < 4.78 is 14.5. The zero-order valence-electron chi connectivity index (χ0n) is 19.2. The van der Waals surface area contributed by atoms with E-state index in [9.17, 15) is 0 Å². The molecule has 180 valence electrons. The van der Waals surface area contributed by atoms with E-state index >= 15 is 0 Å². The first-order chi connectivity index (χ1) is 17.1. The zero-order chi connectivity index (χ0) is 23.9. The van der Waals surface area contributed by atoms with E-state index in [-0.39, 0.29) is 0 Å². The fraction of sp³-hybridized carbons (Fsp3) is 0.318.